The zero-order valence-corrected chi connectivity index (χ0v) is 15.6. The van der Waals surface area contributed by atoms with Gasteiger partial charge in [0.2, 0.25) is 11.8 Å². The van der Waals surface area contributed by atoms with Crippen LogP contribution >= 0.6 is 23.1 Å². The molecule has 2 aromatic heterocycles. The summed E-state index contributed by atoms with van der Waals surface area (Å²) in [5, 5.41) is 1.21. The standard InChI is InChI=1S/C16H19N3O3S2/c1-4-18-15(22)13-9(2)10(3)24-14(13)17-16(18)23-8-12(21)19-7-5-6-11(19)20/h4-8H2,1-3H3. The monoisotopic (exact) mass is 365 g/mol. The lowest BCUT2D eigenvalue weighted by atomic mass is 10.2. The molecule has 0 spiro atoms. The van der Waals surface area contributed by atoms with Crippen molar-refractivity contribution in [3.63, 3.8) is 0 Å². The first-order valence-corrected chi connectivity index (χ1v) is 9.70. The average Bonchev–Trinajstić information content (AvgIpc) is 3.09. The lowest BCUT2D eigenvalue weighted by molar-refractivity contribution is -0.140. The van der Waals surface area contributed by atoms with Gasteiger partial charge >= 0.3 is 0 Å². The summed E-state index contributed by atoms with van der Waals surface area (Å²) in [6, 6.07) is 0. The van der Waals surface area contributed by atoms with Crippen LogP contribution in [0.4, 0.5) is 0 Å². The molecule has 128 valence electrons. The van der Waals surface area contributed by atoms with E-state index in [-0.39, 0.29) is 23.1 Å². The third kappa shape index (κ3) is 2.88. The van der Waals surface area contributed by atoms with E-state index < -0.39 is 0 Å². The maximum Gasteiger partial charge on any atom is 0.263 e. The van der Waals surface area contributed by atoms with Gasteiger partial charge in [0, 0.05) is 24.4 Å². The van der Waals surface area contributed by atoms with Gasteiger partial charge in [0.05, 0.1) is 11.1 Å². The number of thiophene rings is 1. The third-order valence-corrected chi connectivity index (χ3v) is 6.33. The second-order valence-corrected chi connectivity index (χ2v) is 7.88. The summed E-state index contributed by atoms with van der Waals surface area (Å²) in [6.07, 6.45) is 1.17. The van der Waals surface area contributed by atoms with Crippen molar-refractivity contribution in [2.45, 2.75) is 45.3 Å². The molecule has 0 radical (unpaired) electrons. The number of aryl methyl sites for hydroxylation is 2. The zero-order chi connectivity index (χ0) is 17.4. The smallest absolute Gasteiger partial charge is 0.263 e. The largest absolute Gasteiger partial charge is 0.287 e. The fourth-order valence-corrected chi connectivity index (χ4v) is 4.82. The summed E-state index contributed by atoms with van der Waals surface area (Å²) in [5.74, 6) is -0.202. The predicted molar refractivity (Wildman–Crippen MR) is 95.7 cm³/mol. The quantitative estimate of drug-likeness (QED) is 0.614. The first kappa shape index (κ1) is 17.2. The van der Waals surface area contributed by atoms with Crippen molar-refractivity contribution in [1.82, 2.24) is 14.5 Å². The summed E-state index contributed by atoms with van der Waals surface area (Å²) in [7, 11) is 0. The SMILES string of the molecule is CCn1c(SCC(=O)N2CCCC2=O)nc2sc(C)c(C)c2c1=O. The van der Waals surface area contributed by atoms with Gasteiger partial charge in [0.25, 0.3) is 5.56 Å². The lowest BCUT2D eigenvalue weighted by Crippen LogP contribution is -2.33. The predicted octanol–water partition coefficient (Wildman–Crippen LogP) is 2.34. The minimum absolute atomic E-state index is 0.0588. The molecule has 2 aromatic rings. The van der Waals surface area contributed by atoms with Gasteiger partial charge in [-0.2, -0.15) is 0 Å². The van der Waals surface area contributed by atoms with E-state index in [4.69, 9.17) is 0 Å². The van der Waals surface area contributed by atoms with E-state index in [0.29, 0.717) is 34.9 Å². The van der Waals surface area contributed by atoms with Crippen LogP contribution < -0.4 is 5.56 Å². The molecule has 0 atom stereocenters. The lowest BCUT2D eigenvalue weighted by Gasteiger charge is -2.14. The van der Waals surface area contributed by atoms with Crippen LogP contribution in [0.1, 0.15) is 30.2 Å². The minimum atomic E-state index is -0.210. The van der Waals surface area contributed by atoms with Gasteiger partial charge in [-0.25, -0.2) is 4.98 Å². The van der Waals surface area contributed by atoms with Gasteiger partial charge in [-0.15, -0.1) is 11.3 Å². The van der Waals surface area contributed by atoms with E-state index in [1.165, 1.54) is 28.0 Å². The highest BCUT2D eigenvalue weighted by Gasteiger charge is 2.26. The van der Waals surface area contributed by atoms with Crippen molar-refractivity contribution in [2.75, 3.05) is 12.3 Å². The fraction of sp³-hybridized carbons (Fsp3) is 0.500. The summed E-state index contributed by atoms with van der Waals surface area (Å²) < 4.78 is 1.60. The summed E-state index contributed by atoms with van der Waals surface area (Å²) in [5.41, 5.74) is 0.918. The first-order valence-electron chi connectivity index (χ1n) is 7.90. The molecule has 2 amide bonds. The van der Waals surface area contributed by atoms with Crippen molar-refractivity contribution in [2.24, 2.45) is 0 Å². The van der Waals surface area contributed by atoms with Crippen molar-refractivity contribution in [3.8, 4) is 0 Å². The van der Waals surface area contributed by atoms with Gasteiger partial charge < -0.3 is 0 Å². The molecule has 1 fully saturated rings. The third-order valence-electron chi connectivity index (χ3n) is 4.27. The van der Waals surface area contributed by atoms with Crippen molar-refractivity contribution in [3.05, 3.63) is 20.8 Å². The average molecular weight is 365 g/mol. The number of hydrogen-bond donors (Lipinski definition) is 0. The molecule has 0 aliphatic carbocycles. The molecule has 1 aliphatic heterocycles. The van der Waals surface area contributed by atoms with Gasteiger partial charge in [0.1, 0.15) is 4.83 Å². The summed E-state index contributed by atoms with van der Waals surface area (Å²) in [6.45, 7) is 6.79. The molecule has 0 bridgehead atoms. The van der Waals surface area contributed by atoms with Crippen molar-refractivity contribution >= 4 is 45.1 Å². The second-order valence-electron chi connectivity index (χ2n) is 5.74. The Labute approximate surface area is 147 Å². The summed E-state index contributed by atoms with van der Waals surface area (Å²) >= 11 is 2.73. The molecule has 1 aliphatic rings. The van der Waals surface area contributed by atoms with E-state index in [0.717, 1.165) is 16.9 Å². The molecule has 24 heavy (non-hydrogen) atoms. The van der Waals surface area contributed by atoms with Gasteiger partial charge in [-0.3, -0.25) is 23.9 Å². The normalized spacial score (nSPS) is 14.8. The maximum atomic E-state index is 12.7. The molecule has 0 aromatic carbocycles. The number of fused-ring (bicyclic) bond motifs is 1. The van der Waals surface area contributed by atoms with E-state index in [9.17, 15) is 14.4 Å². The molecule has 6 nitrogen and oxygen atoms in total. The Bertz CT molecular complexity index is 885. The number of amides is 2. The van der Waals surface area contributed by atoms with Crippen molar-refractivity contribution in [1.29, 1.82) is 0 Å². The highest BCUT2D eigenvalue weighted by molar-refractivity contribution is 7.99. The van der Waals surface area contributed by atoms with Crippen LogP contribution in [0.3, 0.4) is 0 Å². The maximum absolute atomic E-state index is 12.7. The Morgan fingerprint density at radius 1 is 1.33 bits per heavy atom. The van der Waals surface area contributed by atoms with Crippen LogP contribution in [-0.2, 0) is 16.1 Å². The van der Waals surface area contributed by atoms with Crippen LogP contribution in [0.15, 0.2) is 9.95 Å². The Kier molecular flexibility index (Phi) is 4.78. The number of carbonyl (C=O) groups excluding carboxylic acids is 2. The molecule has 3 heterocycles. The van der Waals surface area contributed by atoms with Crippen LogP contribution in [0.2, 0.25) is 0 Å². The first-order chi connectivity index (χ1) is 11.4. The molecule has 0 unspecified atom stereocenters. The Morgan fingerprint density at radius 3 is 2.71 bits per heavy atom. The molecule has 3 rings (SSSR count). The highest BCUT2D eigenvalue weighted by atomic mass is 32.2. The van der Waals surface area contributed by atoms with Crippen molar-refractivity contribution < 1.29 is 9.59 Å². The minimum Gasteiger partial charge on any atom is -0.287 e. The molecule has 0 N–H and O–H groups in total. The molecule has 8 heteroatoms. The number of rotatable bonds is 4. The number of hydrogen-bond acceptors (Lipinski definition) is 6. The number of thioether (sulfide) groups is 1. The number of aromatic nitrogens is 2. The number of nitrogens with zero attached hydrogens (tertiary/aromatic N) is 3. The molecule has 1 saturated heterocycles. The Balaban J connectivity index is 1.90. The van der Waals surface area contributed by atoms with Crippen LogP contribution in [0, 0.1) is 13.8 Å². The van der Waals surface area contributed by atoms with Gasteiger partial charge in [0.15, 0.2) is 5.16 Å². The highest BCUT2D eigenvalue weighted by Crippen LogP contribution is 2.28. The Hall–Kier alpha value is -1.67. The Morgan fingerprint density at radius 2 is 2.08 bits per heavy atom. The van der Waals surface area contributed by atoms with E-state index in [1.54, 1.807) is 4.57 Å². The fourth-order valence-electron chi connectivity index (χ4n) is 2.81. The summed E-state index contributed by atoms with van der Waals surface area (Å²) in [4.78, 5) is 44.3. The van der Waals surface area contributed by atoms with Gasteiger partial charge in [-0.1, -0.05) is 11.8 Å². The van der Waals surface area contributed by atoms with Crippen LogP contribution in [0.25, 0.3) is 10.2 Å². The second kappa shape index (κ2) is 6.68. The van der Waals surface area contributed by atoms with E-state index in [2.05, 4.69) is 4.98 Å². The topological polar surface area (TPSA) is 72.3 Å². The van der Waals surface area contributed by atoms with Crippen LogP contribution in [-0.4, -0.2) is 38.6 Å². The number of likely N-dealkylation sites (tertiary alicyclic amines) is 1. The molecular weight excluding hydrogens is 346 g/mol. The van der Waals surface area contributed by atoms with Crippen LogP contribution in [0.5, 0.6) is 0 Å². The van der Waals surface area contributed by atoms with E-state index >= 15 is 0 Å². The molecule has 0 saturated carbocycles. The zero-order valence-electron chi connectivity index (χ0n) is 13.9. The molecular formula is C16H19N3O3S2. The van der Waals surface area contributed by atoms with Gasteiger partial charge in [-0.05, 0) is 32.8 Å². The number of carbonyl (C=O) groups is 2. The number of imide groups is 1. The van der Waals surface area contributed by atoms with E-state index in [1.807, 2.05) is 20.8 Å².